The van der Waals surface area contributed by atoms with E-state index in [0.29, 0.717) is 29.5 Å². The second kappa shape index (κ2) is 3.81. The van der Waals surface area contributed by atoms with Crippen LogP contribution in [0.2, 0.25) is 0 Å². The van der Waals surface area contributed by atoms with Gasteiger partial charge in [0.25, 0.3) is 0 Å². The maximum Gasteiger partial charge on any atom is 0.417 e. The van der Waals surface area contributed by atoms with Crippen LogP contribution in [0.1, 0.15) is 23.2 Å². The molecule has 1 fully saturated rings. The van der Waals surface area contributed by atoms with Gasteiger partial charge in [0.05, 0.1) is 12.6 Å². The molecule has 1 aromatic carbocycles. The van der Waals surface area contributed by atoms with Crippen molar-refractivity contribution in [3.8, 4) is 0 Å². The van der Waals surface area contributed by atoms with Crippen LogP contribution in [-0.2, 0) is 9.53 Å². The van der Waals surface area contributed by atoms with Crippen molar-refractivity contribution in [2.24, 2.45) is 5.41 Å². The summed E-state index contributed by atoms with van der Waals surface area (Å²) in [6.45, 7) is 0. The van der Waals surface area contributed by atoms with E-state index in [-0.39, 0.29) is 5.78 Å². The number of H-pyrrole nitrogens is 1. The van der Waals surface area contributed by atoms with Gasteiger partial charge in [0, 0.05) is 5.56 Å². The van der Waals surface area contributed by atoms with E-state index in [1.54, 1.807) is 12.1 Å². The Morgan fingerprint density at radius 2 is 2.11 bits per heavy atom. The Morgan fingerprint density at radius 1 is 1.37 bits per heavy atom. The number of methoxy groups -OCH3 is 1. The van der Waals surface area contributed by atoms with Gasteiger partial charge in [-0.1, -0.05) is 0 Å². The number of carbonyl (C=O) groups excluding carboxylic acids is 2. The molecular weight excluding hydrogens is 250 g/mol. The number of esters is 1. The van der Waals surface area contributed by atoms with Crippen molar-refractivity contribution < 1.29 is 18.7 Å². The summed E-state index contributed by atoms with van der Waals surface area (Å²) in [6, 6.07) is 4.62. The minimum absolute atomic E-state index is 0.287. The molecule has 98 valence electrons. The third-order valence-electron chi connectivity index (χ3n) is 3.44. The number of ether oxygens (including phenoxy) is 1. The first-order chi connectivity index (χ1) is 9.06. The van der Waals surface area contributed by atoms with E-state index in [1.165, 1.54) is 13.2 Å². The summed E-state index contributed by atoms with van der Waals surface area (Å²) in [4.78, 5) is 37.5. The zero-order valence-electron chi connectivity index (χ0n) is 10.2. The van der Waals surface area contributed by atoms with E-state index < -0.39 is 17.1 Å². The summed E-state index contributed by atoms with van der Waals surface area (Å²) < 4.78 is 9.57. The summed E-state index contributed by atoms with van der Waals surface area (Å²) in [5.74, 6) is -1.37. The summed E-state index contributed by atoms with van der Waals surface area (Å²) in [5.41, 5.74) is 0.123. The SMILES string of the molecule is COC(=O)C1(C(=O)c2ccc3[nH]c(=O)oc3c2)CC1. The van der Waals surface area contributed by atoms with E-state index in [0.717, 1.165) is 0 Å². The van der Waals surface area contributed by atoms with E-state index in [9.17, 15) is 14.4 Å². The quantitative estimate of drug-likeness (QED) is 0.510. The monoisotopic (exact) mass is 261 g/mol. The first-order valence-corrected chi connectivity index (χ1v) is 5.83. The highest BCUT2D eigenvalue weighted by atomic mass is 16.5. The molecule has 0 saturated heterocycles. The fourth-order valence-electron chi connectivity index (χ4n) is 2.21. The normalized spacial score (nSPS) is 16.3. The number of hydrogen-bond acceptors (Lipinski definition) is 5. The number of aromatic amines is 1. The predicted octanol–water partition coefficient (Wildman–Crippen LogP) is 1.26. The first kappa shape index (κ1) is 11.7. The number of nitrogens with one attached hydrogen (secondary N) is 1. The van der Waals surface area contributed by atoms with Crippen LogP contribution in [0.3, 0.4) is 0 Å². The van der Waals surface area contributed by atoms with Crippen LogP contribution in [0.25, 0.3) is 11.1 Å². The van der Waals surface area contributed by atoms with Crippen LogP contribution >= 0.6 is 0 Å². The van der Waals surface area contributed by atoms with Crippen LogP contribution in [-0.4, -0.2) is 23.8 Å². The van der Waals surface area contributed by atoms with Crippen LogP contribution < -0.4 is 5.76 Å². The lowest BCUT2D eigenvalue weighted by Crippen LogP contribution is -2.27. The van der Waals surface area contributed by atoms with Gasteiger partial charge in [0.2, 0.25) is 0 Å². The second-order valence-electron chi connectivity index (χ2n) is 4.63. The zero-order valence-corrected chi connectivity index (χ0v) is 10.2. The molecule has 3 rings (SSSR count). The van der Waals surface area contributed by atoms with Crippen molar-refractivity contribution in [1.29, 1.82) is 0 Å². The number of ketones is 1. The van der Waals surface area contributed by atoms with Crippen LogP contribution in [0.4, 0.5) is 0 Å². The molecule has 1 N–H and O–H groups in total. The van der Waals surface area contributed by atoms with Crippen molar-refractivity contribution in [2.75, 3.05) is 7.11 Å². The molecule has 1 heterocycles. The smallest absolute Gasteiger partial charge is 0.417 e. The Kier molecular flexibility index (Phi) is 2.35. The molecule has 19 heavy (non-hydrogen) atoms. The Labute approximate surface area is 107 Å². The highest BCUT2D eigenvalue weighted by Gasteiger charge is 2.57. The second-order valence-corrected chi connectivity index (χ2v) is 4.63. The van der Waals surface area contributed by atoms with Crippen molar-refractivity contribution in [2.45, 2.75) is 12.8 Å². The van der Waals surface area contributed by atoms with Gasteiger partial charge >= 0.3 is 11.7 Å². The third kappa shape index (κ3) is 1.68. The number of carbonyl (C=O) groups is 2. The molecule has 0 unspecified atom stereocenters. The van der Waals surface area contributed by atoms with Gasteiger partial charge in [-0.3, -0.25) is 14.6 Å². The van der Waals surface area contributed by atoms with Crippen LogP contribution in [0.5, 0.6) is 0 Å². The third-order valence-corrected chi connectivity index (χ3v) is 3.44. The van der Waals surface area contributed by atoms with Crippen molar-refractivity contribution in [3.05, 3.63) is 34.3 Å². The Balaban J connectivity index is 2.02. The maximum atomic E-state index is 12.3. The van der Waals surface area contributed by atoms with E-state index in [4.69, 9.17) is 4.42 Å². The van der Waals surface area contributed by atoms with Crippen LogP contribution in [0, 0.1) is 5.41 Å². The summed E-state index contributed by atoms with van der Waals surface area (Å²) >= 11 is 0. The molecule has 1 aromatic heterocycles. The van der Waals surface area contributed by atoms with Crippen LogP contribution in [0.15, 0.2) is 27.4 Å². The summed E-state index contributed by atoms with van der Waals surface area (Å²) in [5, 5.41) is 0. The van der Waals surface area contributed by atoms with Crippen molar-refractivity contribution >= 4 is 22.9 Å². The highest BCUT2D eigenvalue weighted by molar-refractivity contribution is 6.15. The molecule has 1 saturated carbocycles. The minimum atomic E-state index is -1.04. The number of benzene rings is 1. The molecule has 6 heteroatoms. The molecule has 6 nitrogen and oxygen atoms in total. The van der Waals surface area contributed by atoms with Gasteiger partial charge in [-0.25, -0.2) is 4.79 Å². The van der Waals surface area contributed by atoms with E-state index in [2.05, 4.69) is 9.72 Å². The number of fused-ring (bicyclic) bond motifs is 1. The van der Waals surface area contributed by atoms with Gasteiger partial charge in [0.15, 0.2) is 11.4 Å². The Hall–Kier alpha value is -2.37. The van der Waals surface area contributed by atoms with Gasteiger partial charge in [-0.2, -0.15) is 0 Å². The highest BCUT2D eigenvalue weighted by Crippen LogP contribution is 2.49. The predicted molar refractivity (Wildman–Crippen MR) is 64.8 cm³/mol. The molecule has 1 aliphatic carbocycles. The average Bonchev–Trinajstić information content (AvgIpc) is 3.13. The molecular formula is C13H11NO5. The molecule has 0 atom stereocenters. The van der Waals surface area contributed by atoms with E-state index in [1.807, 2.05) is 0 Å². The molecule has 2 aromatic rings. The fourth-order valence-corrected chi connectivity index (χ4v) is 2.21. The number of oxazole rings is 1. The fraction of sp³-hybridized carbons (Fsp3) is 0.308. The van der Waals surface area contributed by atoms with Crippen molar-refractivity contribution in [1.82, 2.24) is 4.98 Å². The summed E-state index contributed by atoms with van der Waals surface area (Å²) in [7, 11) is 1.27. The minimum Gasteiger partial charge on any atom is -0.468 e. The van der Waals surface area contributed by atoms with Gasteiger partial charge in [-0.15, -0.1) is 0 Å². The number of hydrogen-bond donors (Lipinski definition) is 1. The van der Waals surface area contributed by atoms with Gasteiger partial charge < -0.3 is 9.15 Å². The Morgan fingerprint density at radius 3 is 2.74 bits per heavy atom. The van der Waals surface area contributed by atoms with Crippen molar-refractivity contribution in [3.63, 3.8) is 0 Å². The average molecular weight is 261 g/mol. The van der Waals surface area contributed by atoms with Gasteiger partial charge in [0.1, 0.15) is 5.41 Å². The lowest BCUT2D eigenvalue weighted by atomic mass is 9.94. The molecule has 0 amide bonds. The summed E-state index contributed by atoms with van der Waals surface area (Å²) in [6.07, 6.45) is 0.987. The number of rotatable bonds is 3. The molecule has 0 aliphatic heterocycles. The van der Waals surface area contributed by atoms with Gasteiger partial charge in [-0.05, 0) is 31.0 Å². The number of aromatic nitrogens is 1. The first-order valence-electron chi connectivity index (χ1n) is 5.83. The maximum absolute atomic E-state index is 12.3. The zero-order chi connectivity index (χ0) is 13.6. The Bertz CT molecular complexity index is 735. The van der Waals surface area contributed by atoms with E-state index >= 15 is 0 Å². The molecule has 0 spiro atoms. The molecule has 1 aliphatic rings. The lowest BCUT2D eigenvalue weighted by molar-refractivity contribution is -0.145. The standard InChI is InChI=1S/C13H11NO5/c1-18-11(16)13(4-5-13)10(15)7-2-3-8-9(6-7)19-12(17)14-8/h2-3,6H,4-5H2,1H3,(H,14,17). The topological polar surface area (TPSA) is 89.4 Å². The largest absolute Gasteiger partial charge is 0.468 e. The number of Topliss-reactive ketones (excluding diaryl/α,β-unsaturated/α-hetero) is 1. The molecule has 0 radical (unpaired) electrons. The molecule has 0 bridgehead atoms. The lowest BCUT2D eigenvalue weighted by Gasteiger charge is -2.10.